The van der Waals surface area contributed by atoms with Gasteiger partial charge in [-0.2, -0.15) is 4.89 Å². The summed E-state index contributed by atoms with van der Waals surface area (Å²) in [7, 11) is 1.54. The molecule has 0 heterocycles. The van der Waals surface area contributed by atoms with Gasteiger partial charge in [0.2, 0.25) is 0 Å². The summed E-state index contributed by atoms with van der Waals surface area (Å²) in [5, 5.41) is 2.48. The minimum Gasteiger partial charge on any atom is -0.355 e. The van der Waals surface area contributed by atoms with Crippen molar-refractivity contribution >= 4 is 11.9 Å². The van der Waals surface area contributed by atoms with Gasteiger partial charge in [-0.15, -0.1) is 0 Å². The second kappa shape index (κ2) is 5.87. The summed E-state index contributed by atoms with van der Waals surface area (Å²) in [5.74, 6) is -0.782. The van der Waals surface area contributed by atoms with Gasteiger partial charge in [0.15, 0.2) is 0 Å². The first-order valence-electron chi connectivity index (χ1n) is 4.85. The average Bonchev–Trinajstić information content (AvgIpc) is 2.35. The van der Waals surface area contributed by atoms with Crippen LogP contribution in [0.5, 0.6) is 0 Å². The molecule has 0 unspecified atom stereocenters. The van der Waals surface area contributed by atoms with E-state index in [1.807, 2.05) is 0 Å². The second-order valence-corrected chi connectivity index (χ2v) is 2.93. The van der Waals surface area contributed by atoms with E-state index in [0.29, 0.717) is 17.7 Å². The number of hydrogen-bond donors (Lipinski definition) is 1. The first kappa shape index (κ1) is 12.2. The lowest BCUT2D eigenvalue weighted by molar-refractivity contribution is -0.236. The molecule has 0 aliphatic heterocycles. The lowest BCUT2D eigenvalue weighted by atomic mass is 10.1. The van der Waals surface area contributed by atoms with Gasteiger partial charge in [0.25, 0.3) is 5.91 Å². The van der Waals surface area contributed by atoms with E-state index in [1.54, 1.807) is 26.1 Å². The van der Waals surface area contributed by atoms with E-state index in [4.69, 9.17) is 0 Å². The van der Waals surface area contributed by atoms with Crippen LogP contribution in [-0.2, 0) is 9.78 Å². The van der Waals surface area contributed by atoms with Gasteiger partial charge >= 0.3 is 5.97 Å². The molecule has 0 aliphatic rings. The standard InChI is InChI=1S/C11H13NO4/c1-3-15-16-11(14)9-6-4-8(5-7-9)10(13)12-2/h4-7H,3H2,1-2H3,(H,12,13). The number of benzene rings is 1. The van der Waals surface area contributed by atoms with Crippen molar-refractivity contribution in [2.24, 2.45) is 0 Å². The van der Waals surface area contributed by atoms with Crippen LogP contribution in [0.15, 0.2) is 24.3 Å². The topological polar surface area (TPSA) is 64.6 Å². The molecule has 1 aromatic rings. The Balaban J connectivity index is 2.71. The molecule has 1 rings (SSSR count). The van der Waals surface area contributed by atoms with Crippen LogP contribution in [-0.4, -0.2) is 25.5 Å². The molecule has 0 aliphatic carbocycles. The molecule has 0 atom stereocenters. The molecule has 5 nitrogen and oxygen atoms in total. The van der Waals surface area contributed by atoms with Gasteiger partial charge < -0.3 is 5.32 Å². The molecule has 1 N–H and O–H groups in total. The zero-order valence-electron chi connectivity index (χ0n) is 9.15. The maximum absolute atomic E-state index is 11.3. The highest BCUT2D eigenvalue weighted by Gasteiger charge is 2.09. The van der Waals surface area contributed by atoms with Gasteiger partial charge in [0.1, 0.15) is 0 Å². The molecule has 16 heavy (non-hydrogen) atoms. The molecule has 0 saturated carbocycles. The lowest BCUT2D eigenvalue weighted by Crippen LogP contribution is -2.17. The van der Waals surface area contributed by atoms with E-state index in [1.165, 1.54) is 12.1 Å². The van der Waals surface area contributed by atoms with E-state index in [2.05, 4.69) is 15.1 Å². The molecule has 0 aromatic heterocycles. The van der Waals surface area contributed by atoms with Crippen molar-refractivity contribution in [1.29, 1.82) is 0 Å². The summed E-state index contributed by atoms with van der Waals surface area (Å²) < 4.78 is 0. The number of carbonyl (C=O) groups is 2. The second-order valence-electron chi connectivity index (χ2n) is 2.93. The molecule has 86 valence electrons. The van der Waals surface area contributed by atoms with Crippen molar-refractivity contribution in [3.05, 3.63) is 35.4 Å². The Morgan fingerprint density at radius 1 is 1.19 bits per heavy atom. The molecule has 1 aromatic carbocycles. The fraction of sp³-hybridized carbons (Fsp3) is 0.273. The van der Waals surface area contributed by atoms with E-state index in [0.717, 1.165) is 0 Å². The molecule has 0 fully saturated rings. The summed E-state index contributed by atoms with van der Waals surface area (Å²) >= 11 is 0. The third kappa shape index (κ3) is 3.06. The van der Waals surface area contributed by atoms with Crippen molar-refractivity contribution in [2.45, 2.75) is 6.92 Å². The molecule has 0 bridgehead atoms. The zero-order valence-corrected chi connectivity index (χ0v) is 9.15. The Morgan fingerprint density at radius 3 is 2.25 bits per heavy atom. The number of hydrogen-bond acceptors (Lipinski definition) is 4. The average molecular weight is 223 g/mol. The number of nitrogens with one attached hydrogen (secondary N) is 1. The third-order valence-corrected chi connectivity index (χ3v) is 1.86. The molecule has 1 amide bonds. The van der Waals surface area contributed by atoms with Crippen molar-refractivity contribution in [3.8, 4) is 0 Å². The van der Waals surface area contributed by atoms with Gasteiger partial charge in [-0.05, 0) is 31.2 Å². The van der Waals surface area contributed by atoms with Crippen molar-refractivity contribution in [1.82, 2.24) is 5.32 Å². The van der Waals surface area contributed by atoms with E-state index in [-0.39, 0.29) is 5.91 Å². The Morgan fingerprint density at radius 2 is 1.75 bits per heavy atom. The lowest BCUT2D eigenvalue weighted by Gasteiger charge is -2.02. The van der Waals surface area contributed by atoms with Gasteiger partial charge in [-0.25, -0.2) is 4.79 Å². The van der Waals surface area contributed by atoms with Gasteiger partial charge in [-0.1, -0.05) is 0 Å². The van der Waals surface area contributed by atoms with Gasteiger partial charge in [0.05, 0.1) is 12.2 Å². The summed E-state index contributed by atoms with van der Waals surface area (Å²) in [6.07, 6.45) is 0. The Kier molecular flexibility index (Phi) is 4.47. The summed E-state index contributed by atoms with van der Waals surface area (Å²) in [6, 6.07) is 6.10. The number of rotatable bonds is 4. The first-order valence-corrected chi connectivity index (χ1v) is 4.85. The van der Waals surface area contributed by atoms with Crippen molar-refractivity contribution in [2.75, 3.05) is 13.7 Å². The van der Waals surface area contributed by atoms with Crippen molar-refractivity contribution < 1.29 is 19.4 Å². The maximum atomic E-state index is 11.3. The Bertz CT molecular complexity index is 372. The van der Waals surface area contributed by atoms with Crippen LogP contribution in [0, 0.1) is 0 Å². The maximum Gasteiger partial charge on any atom is 0.373 e. The monoisotopic (exact) mass is 223 g/mol. The van der Waals surface area contributed by atoms with Crippen LogP contribution in [0.3, 0.4) is 0 Å². The molecule has 0 spiro atoms. The minimum absolute atomic E-state index is 0.204. The van der Waals surface area contributed by atoms with Crippen LogP contribution in [0.25, 0.3) is 0 Å². The SMILES string of the molecule is CCOOC(=O)c1ccc(C(=O)NC)cc1. The summed E-state index contributed by atoms with van der Waals surface area (Å²) in [4.78, 5) is 31.5. The number of amides is 1. The molecule has 0 radical (unpaired) electrons. The highest BCUT2D eigenvalue weighted by Crippen LogP contribution is 2.06. The van der Waals surface area contributed by atoms with E-state index >= 15 is 0 Å². The minimum atomic E-state index is -0.578. The Labute approximate surface area is 93.3 Å². The highest BCUT2D eigenvalue weighted by atomic mass is 17.2. The predicted molar refractivity (Wildman–Crippen MR) is 56.9 cm³/mol. The smallest absolute Gasteiger partial charge is 0.355 e. The normalized spacial score (nSPS) is 9.62. The Hall–Kier alpha value is -1.88. The number of carbonyl (C=O) groups excluding carboxylic acids is 2. The van der Waals surface area contributed by atoms with Crippen LogP contribution in [0.4, 0.5) is 0 Å². The van der Waals surface area contributed by atoms with Crippen molar-refractivity contribution in [3.63, 3.8) is 0 Å². The summed E-state index contributed by atoms with van der Waals surface area (Å²) in [6.45, 7) is 2.00. The van der Waals surface area contributed by atoms with Gasteiger partial charge in [-0.3, -0.25) is 9.68 Å². The van der Waals surface area contributed by atoms with Gasteiger partial charge in [0, 0.05) is 12.6 Å². The third-order valence-electron chi connectivity index (χ3n) is 1.86. The van der Waals surface area contributed by atoms with E-state index < -0.39 is 5.97 Å². The molecular weight excluding hydrogens is 210 g/mol. The fourth-order valence-corrected chi connectivity index (χ4v) is 1.06. The zero-order chi connectivity index (χ0) is 12.0. The molecule has 0 saturated heterocycles. The molecule has 5 heteroatoms. The van der Waals surface area contributed by atoms with E-state index in [9.17, 15) is 9.59 Å². The van der Waals surface area contributed by atoms with Crippen LogP contribution < -0.4 is 5.32 Å². The fourth-order valence-electron chi connectivity index (χ4n) is 1.06. The summed E-state index contributed by atoms with van der Waals surface area (Å²) in [5.41, 5.74) is 0.816. The van der Waals surface area contributed by atoms with Crippen LogP contribution >= 0.6 is 0 Å². The van der Waals surface area contributed by atoms with Crippen LogP contribution in [0.2, 0.25) is 0 Å². The van der Waals surface area contributed by atoms with Crippen LogP contribution in [0.1, 0.15) is 27.6 Å². The first-order chi connectivity index (χ1) is 7.69. The largest absolute Gasteiger partial charge is 0.373 e. The predicted octanol–water partition coefficient (Wildman–Crippen LogP) is 1.15. The quantitative estimate of drug-likeness (QED) is 0.614. The highest BCUT2D eigenvalue weighted by molar-refractivity contribution is 5.95. The molecular formula is C11H13NO4.